The number of hydrogen-bond donors (Lipinski definition) is 3. The molecule has 4 heteroatoms. The van der Waals surface area contributed by atoms with Gasteiger partial charge in [0.25, 0.3) is 0 Å². The highest BCUT2D eigenvalue weighted by molar-refractivity contribution is 5.76. The lowest BCUT2D eigenvalue weighted by atomic mass is 9.75. The lowest BCUT2D eigenvalue weighted by Gasteiger charge is -2.37. The number of nitrogens with zero attached hydrogens (tertiary/aromatic N) is 1. The molecule has 0 aliphatic heterocycles. The van der Waals surface area contributed by atoms with Gasteiger partial charge in [-0.15, -0.1) is 0 Å². The van der Waals surface area contributed by atoms with Crippen LogP contribution < -0.4 is 5.73 Å². The van der Waals surface area contributed by atoms with Crippen LogP contribution in [0, 0.1) is 0 Å². The van der Waals surface area contributed by atoms with Crippen LogP contribution in [0.15, 0.2) is 18.2 Å². The number of rotatable bonds is 2. The zero-order valence-electron chi connectivity index (χ0n) is 9.03. The highest BCUT2D eigenvalue weighted by atomic mass is 16.3. The van der Waals surface area contributed by atoms with Crippen molar-refractivity contribution < 1.29 is 5.11 Å². The molecule has 0 amide bonds. The largest absolute Gasteiger partial charge is 0.508 e. The lowest BCUT2D eigenvalue weighted by Crippen LogP contribution is -2.48. The SMILES string of the molecule is NC1(Cc2nc3ccc(O)cc3[nH]2)CCC1. The van der Waals surface area contributed by atoms with E-state index in [2.05, 4.69) is 9.97 Å². The van der Waals surface area contributed by atoms with Crippen LogP contribution in [0.3, 0.4) is 0 Å². The molecule has 1 aromatic heterocycles. The van der Waals surface area contributed by atoms with Crippen molar-refractivity contribution in [2.24, 2.45) is 5.73 Å². The number of imidazole rings is 1. The minimum absolute atomic E-state index is 0.0596. The minimum atomic E-state index is -0.0596. The van der Waals surface area contributed by atoms with Crippen LogP contribution in [0.5, 0.6) is 5.75 Å². The van der Waals surface area contributed by atoms with Crippen molar-refractivity contribution in [3.63, 3.8) is 0 Å². The van der Waals surface area contributed by atoms with Crippen LogP contribution in [0.1, 0.15) is 25.1 Å². The van der Waals surface area contributed by atoms with Crippen molar-refractivity contribution in [1.29, 1.82) is 0 Å². The summed E-state index contributed by atoms with van der Waals surface area (Å²) in [6.45, 7) is 0. The molecule has 4 N–H and O–H groups in total. The Labute approximate surface area is 93.5 Å². The Morgan fingerprint density at radius 1 is 1.44 bits per heavy atom. The number of aromatic hydroxyl groups is 1. The molecule has 16 heavy (non-hydrogen) atoms. The molecule has 1 aliphatic rings. The molecule has 1 fully saturated rings. The van der Waals surface area contributed by atoms with Gasteiger partial charge in [0.2, 0.25) is 0 Å². The van der Waals surface area contributed by atoms with E-state index in [4.69, 9.17) is 5.73 Å². The molecular formula is C12H15N3O. The van der Waals surface area contributed by atoms with E-state index in [1.165, 1.54) is 6.42 Å². The number of nitrogens with two attached hydrogens (primary N) is 1. The Kier molecular flexibility index (Phi) is 1.94. The standard InChI is InChI=1S/C12H15N3O/c13-12(4-1-5-12)7-11-14-9-3-2-8(16)6-10(9)15-11/h2-3,6,16H,1,4-5,7,13H2,(H,14,15). The average molecular weight is 217 g/mol. The van der Waals surface area contributed by atoms with Crippen molar-refractivity contribution in [3.8, 4) is 5.75 Å². The Bertz CT molecular complexity index is 528. The summed E-state index contributed by atoms with van der Waals surface area (Å²) in [4.78, 5) is 7.68. The van der Waals surface area contributed by atoms with Gasteiger partial charge < -0.3 is 15.8 Å². The summed E-state index contributed by atoms with van der Waals surface area (Å²) >= 11 is 0. The quantitative estimate of drug-likeness (QED) is 0.716. The molecule has 0 bridgehead atoms. The van der Waals surface area contributed by atoms with Crippen molar-refractivity contribution >= 4 is 11.0 Å². The second-order valence-corrected chi connectivity index (χ2v) is 4.78. The smallest absolute Gasteiger partial charge is 0.117 e. The number of aromatic nitrogens is 2. The minimum Gasteiger partial charge on any atom is -0.508 e. The number of hydrogen-bond acceptors (Lipinski definition) is 3. The Hall–Kier alpha value is -1.55. The molecule has 0 atom stereocenters. The number of aromatic amines is 1. The zero-order valence-corrected chi connectivity index (χ0v) is 9.03. The first kappa shape index (κ1) is 9.66. The van der Waals surface area contributed by atoms with E-state index in [0.29, 0.717) is 0 Å². The summed E-state index contributed by atoms with van der Waals surface area (Å²) in [6, 6.07) is 5.15. The van der Waals surface area contributed by atoms with E-state index >= 15 is 0 Å². The normalized spacial score (nSPS) is 18.6. The number of benzene rings is 1. The average Bonchev–Trinajstić information content (AvgIpc) is 2.56. The topological polar surface area (TPSA) is 74.9 Å². The number of phenols is 1. The first-order valence-corrected chi connectivity index (χ1v) is 5.61. The molecule has 2 aromatic rings. The third-order valence-corrected chi connectivity index (χ3v) is 3.38. The Balaban J connectivity index is 1.93. The molecule has 1 aliphatic carbocycles. The van der Waals surface area contributed by atoms with Gasteiger partial charge >= 0.3 is 0 Å². The van der Waals surface area contributed by atoms with Gasteiger partial charge in [-0.05, 0) is 31.4 Å². The van der Waals surface area contributed by atoms with E-state index in [1.54, 1.807) is 12.1 Å². The summed E-state index contributed by atoms with van der Waals surface area (Å²) in [5.74, 6) is 1.18. The molecular weight excluding hydrogens is 202 g/mol. The second-order valence-electron chi connectivity index (χ2n) is 4.78. The van der Waals surface area contributed by atoms with Gasteiger partial charge in [-0.2, -0.15) is 0 Å². The van der Waals surface area contributed by atoms with Crippen molar-refractivity contribution in [3.05, 3.63) is 24.0 Å². The van der Waals surface area contributed by atoms with Gasteiger partial charge in [0.1, 0.15) is 11.6 Å². The summed E-state index contributed by atoms with van der Waals surface area (Å²) < 4.78 is 0. The van der Waals surface area contributed by atoms with Crippen LogP contribution >= 0.6 is 0 Å². The third-order valence-electron chi connectivity index (χ3n) is 3.38. The molecule has 1 aromatic carbocycles. The molecule has 4 nitrogen and oxygen atoms in total. The first-order chi connectivity index (χ1) is 7.65. The maximum atomic E-state index is 9.36. The summed E-state index contributed by atoms with van der Waals surface area (Å²) in [5, 5.41) is 9.36. The van der Waals surface area contributed by atoms with Crippen molar-refractivity contribution in [2.45, 2.75) is 31.2 Å². The van der Waals surface area contributed by atoms with Crippen molar-refractivity contribution in [2.75, 3.05) is 0 Å². The molecule has 3 rings (SSSR count). The van der Waals surface area contributed by atoms with E-state index < -0.39 is 0 Å². The summed E-state index contributed by atoms with van der Waals surface area (Å²) in [7, 11) is 0. The predicted molar refractivity (Wildman–Crippen MR) is 62.2 cm³/mol. The number of nitrogens with one attached hydrogen (secondary N) is 1. The zero-order chi connectivity index (χ0) is 11.2. The van der Waals surface area contributed by atoms with Gasteiger partial charge in [0, 0.05) is 18.0 Å². The van der Waals surface area contributed by atoms with Crippen LogP contribution in [-0.2, 0) is 6.42 Å². The van der Waals surface area contributed by atoms with E-state index in [-0.39, 0.29) is 11.3 Å². The maximum absolute atomic E-state index is 9.36. The van der Waals surface area contributed by atoms with Crippen LogP contribution in [0.2, 0.25) is 0 Å². The molecule has 0 saturated heterocycles. The number of phenolic OH excluding ortho intramolecular Hbond substituents is 1. The lowest BCUT2D eigenvalue weighted by molar-refractivity contribution is 0.244. The summed E-state index contributed by atoms with van der Waals surface area (Å²) in [5.41, 5.74) is 7.88. The van der Waals surface area contributed by atoms with Gasteiger partial charge in [-0.3, -0.25) is 0 Å². The van der Waals surface area contributed by atoms with Gasteiger partial charge in [-0.25, -0.2) is 4.98 Å². The fraction of sp³-hybridized carbons (Fsp3) is 0.417. The predicted octanol–water partition coefficient (Wildman–Crippen LogP) is 1.69. The van der Waals surface area contributed by atoms with Crippen LogP contribution in [0.25, 0.3) is 11.0 Å². The van der Waals surface area contributed by atoms with E-state index in [0.717, 1.165) is 36.1 Å². The van der Waals surface area contributed by atoms with Gasteiger partial charge in [-0.1, -0.05) is 0 Å². The van der Waals surface area contributed by atoms with Gasteiger partial charge in [0.15, 0.2) is 0 Å². The second kappa shape index (κ2) is 3.22. The molecule has 1 heterocycles. The molecule has 84 valence electrons. The van der Waals surface area contributed by atoms with E-state index in [1.807, 2.05) is 6.07 Å². The fourth-order valence-electron chi connectivity index (χ4n) is 2.28. The number of fused-ring (bicyclic) bond motifs is 1. The number of H-pyrrole nitrogens is 1. The van der Waals surface area contributed by atoms with Crippen LogP contribution in [-0.4, -0.2) is 20.6 Å². The summed E-state index contributed by atoms with van der Waals surface area (Å²) in [6.07, 6.45) is 4.17. The third kappa shape index (κ3) is 1.55. The first-order valence-electron chi connectivity index (χ1n) is 5.61. The van der Waals surface area contributed by atoms with Gasteiger partial charge in [0.05, 0.1) is 11.0 Å². The molecule has 0 unspecified atom stereocenters. The highest BCUT2D eigenvalue weighted by Gasteiger charge is 2.33. The molecule has 0 radical (unpaired) electrons. The fourth-order valence-corrected chi connectivity index (χ4v) is 2.28. The maximum Gasteiger partial charge on any atom is 0.117 e. The monoisotopic (exact) mass is 217 g/mol. The Morgan fingerprint density at radius 2 is 2.25 bits per heavy atom. The van der Waals surface area contributed by atoms with E-state index in [9.17, 15) is 5.11 Å². The molecule has 1 saturated carbocycles. The highest BCUT2D eigenvalue weighted by Crippen LogP contribution is 2.32. The van der Waals surface area contributed by atoms with Crippen molar-refractivity contribution in [1.82, 2.24) is 9.97 Å². The Morgan fingerprint density at radius 3 is 2.94 bits per heavy atom. The van der Waals surface area contributed by atoms with Crippen LogP contribution in [0.4, 0.5) is 0 Å². The molecule has 0 spiro atoms.